The van der Waals surface area contributed by atoms with Gasteiger partial charge in [0.2, 0.25) is 10.0 Å². The Kier molecular flexibility index (Phi) is 7.65. The lowest BCUT2D eigenvalue weighted by atomic mass is 10.1. The molecule has 0 unspecified atom stereocenters. The summed E-state index contributed by atoms with van der Waals surface area (Å²) in [6.45, 7) is 1.66. The van der Waals surface area contributed by atoms with Gasteiger partial charge in [-0.3, -0.25) is 14.5 Å². The third-order valence-corrected chi connectivity index (χ3v) is 6.11. The topological polar surface area (TPSA) is 115 Å². The highest BCUT2D eigenvalue weighted by Gasteiger charge is 2.20. The monoisotopic (exact) mass is 561 g/mol. The second kappa shape index (κ2) is 10.8. The summed E-state index contributed by atoms with van der Waals surface area (Å²) >= 11 is 6.07. The normalized spacial score (nSPS) is 12.2. The van der Waals surface area contributed by atoms with Crippen molar-refractivity contribution in [2.75, 3.05) is 16.3 Å². The van der Waals surface area contributed by atoms with Crippen LogP contribution in [0.2, 0.25) is 5.02 Å². The van der Waals surface area contributed by atoms with Gasteiger partial charge in [-0.1, -0.05) is 11.6 Å². The van der Waals surface area contributed by atoms with E-state index in [1.54, 1.807) is 24.7 Å². The van der Waals surface area contributed by atoms with Gasteiger partial charge in [0.15, 0.2) is 5.75 Å². The van der Waals surface area contributed by atoms with Crippen molar-refractivity contribution in [2.45, 2.75) is 13.0 Å². The number of nitrogens with zero attached hydrogens (tertiary/aromatic N) is 3. The van der Waals surface area contributed by atoms with Gasteiger partial charge in [-0.05, 0) is 37.3 Å². The minimum absolute atomic E-state index is 0.0845. The smallest absolute Gasteiger partial charge is 0.257 e. The number of hydrogen-bond donors (Lipinski definition) is 2. The van der Waals surface area contributed by atoms with Gasteiger partial charge in [-0.25, -0.2) is 22.2 Å². The van der Waals surface area contributed by atoms with Gasteiger partial charge in [0.1, 0.15) is 23.4 Å². The number of carbonyl (C=O) groups excluding carboxylic acids is 1. The van der Waals surface area contributed by atoms with Crippen molar-refractivity contribution in [3.63, 3.8) is 0 Å². The lowest BCUT2D eigenvalue weighted by Crippen LogP contribution is -2.13. The van der Waals surface area contributed by atoms with Crippen LogP contribution in [0.15, 0.2) is 61.2 Å². The van der Waals surface area contributed by atoms with Crippen LogP contribution < -0.4 is 14.8 Å². The summed E-state index contributed by atoms with van der Waals surface area (Å²) in [5, 5.41) is 2.89. The lowest BCUT2D eigenvalue weighted by Gasteiger charge is -2.17. The van der Waals surface area contributed by atoms with E-state index < -0.39 is 33.7 Å². The standard InChI is InChI=1S/C25H22ClF2N5O4S/c1-14(15-4-18(27)11-29-10-15)37-23-8-19(28)12-30-24(23)22-5-16(13-33(22)2)25(34)31-20-6-17(26)7-21(9-20)32-38(3,35)36/h4-14,32H,1-3H3,(H,31,34)/t14-/m0/s1. The summed E-state index contributed by atoms with van der Waals surface area (Å²) in [5.41, 5.74) is 1.83. The molecule has 0 aliphatic rings. The Morgan fingerprint density at radius 3 is 2.47 bits per heavy atom. The number of hydrogen-bond acceptors (Lipinski definition) is 6. The van der Waals surface area contributed by atoms with Crippen LogP contribution in [-0.4, -0.2) is 35.1 Å². The van der Waals surface area contributed by atoms with Gasteiger partial charge in [0.25, 0.3) is 5.91 Å². The number of ether oxygens (including phenoxy) is 1. The van der Waals surface area contributed by atoms with E-state index in [2.05, 4.69) is 20.0 Å². The number of aromatic nitrogens is 3. The molecule has 0 radical (unpaired) electrons. The fourth-order valence-electron chi connectivity index (χ4n) is 3.67. The molecule has 0 fully saturated rings. The summed E-state index contributed by atoms with van der Waals surface area (Å²) in [6, 6.07) is 8.25. The Morgan fingerprint density at radius 2 is 1.76 bits per heavy atom. The lowest BCUT2D eigenvalue weighted by molar-refractivity contribution is 0.102. The minimum atomic E-state index is -3.55. The van der Waals surface area contributed by atoms with Crippen molar-refractivity contribution >= 4 is 38.9 Å². The van der Waals surface area contributed by atoms with E-state index in [1.807, 2.05) is 0 Å². The molecule has 1 amide bonds. The van der Waals surface area contributed by atoms with E-state index in [9.17, 15) is 22.0 Å². The van der Waals surface area contributed by atoms with E-state index in [-0.39, 0.29) is 33.4 Å². The fourth-order valence-corrected chi connectivity index (χ4v) is 4.46. The summed E-state index contributed by atoms with van der Waals surface area (Å²) in [6.07, 6.45) is 5.38. The first-order valence-electron chi connectivity index (χ1n) is 11.1. The van der Waals surface area contributed by atoms with Gasteiger partial charge in [-0.15, -0.1) is 0 Å². The Balaban J connectivity index is 1.61. The van der Waals surface area contributed by atoms with Crippen LogP contribution in [0.25, 0.3) is 11.4 Å². The molecular weight excluding hydrogens is 540 g/mol. The van der Waals surface area contributed by atoms with Crippen molar-refractivity contribution in [1.29, 1.82) is 0 Å². The van der Waals surface area contributed by atoms with Crippen molar-refractivity contribution in [3.05, 3.63) is 89.0 Å². The highest BCUT2D eigenvalue weighted by molar-refractivity contribution is 7.92. The van der Waals surface area contributed by atoms with Crippen LogP contribution in [-0.2, 0) is 17.1 Å². The SMILES string of the molecule is C[C@H](Oc1cc(F)cnc1-c1cc(C(=O)Nc2cc(Cl)cc(NS(C)(=O)=O)c2)cn1C)c1cncc(F)c1. The highest BCUT2D eigenvalue weighted by Crippen LogP contribution is 2.33. The third kappa shape index (κ3) is 6.64. The Morgan fingerprint density at radius 1 is 1.05 bits per heavy atom. The second-order valence-electron chi connectivity index (χ2n) is 8.48. The first kappa shape index (κ1) is 27.0. The fraction of sp³-hybridized carbons (Fsp3) is 0.160. The molecule has 1 aromatic carbocycles. The molecule has 198 valence electrons. The molecule has 9 nitrogen and oxygen atoms in total. The number of nitrogens with one attached hydrogen (secondary N) is 2. The number of carbonyl (C=O) groups is 1. The van der Waals surface area contributed by atoms with Crippen molar-refractivity contribution < 1.29 is 26.7 Å². The van der Waals surface area contributed by atoms with E-state index in [4.69, 9.17) is 16.3 Å². The number of anilines is 2. The largest absolute Gasteiger partial charge is 0.484 e. The number of rotatable bonds is 8. The maximum Gasteiger partial charge on any atom is 0.257 e. The van der Waals surface area contributed by atoms with Crippen LogP contribution in [0.4, 0.5) is 20.2 Å². The average Bonchev–Trinajstić information content (AvgIpc) is 3.19. The van der Waals surface area contributed by atoms with E-state index in [0.29, 0.717) is 11.3 Å². The van der Waals surface area contributed by atoms with E-state index >= 15 is 0 Å². The molecule has 3 heterocycles. The molecule has 13 heteroatoms. The zero-order valence-corrected chi connectivity index (χ0v) is 21.9. The van der Waals surface area contributed by atoms with Gasteiger partial charge in [0, 0.05) is 41.8 Å². The number of amides is 1. The minimum Gasteiger partial charge on any atom is -0.484 e. The van der Waals surface area contributed by atoms with Gasteiger partial charge < -0.3 is 14.6 Å². The molecule has 38 heavy (non-hydrogen) atoms. The molecule has 0 aliphatic carbocycles. The number of pyridine rings is 2. The molecule has 4 rings (SSSR count). The van der Waals surface area contributed by atoms with E-state index in [1.165, 1.54) is 36.5 Å². The molecular formula is C25H22ClF2N5O4S. The molecule has 1 atom stereocenters. The van der Waals surface area contributed by atoms with Crippen LogP contribution in [0.5, 0.6) is 5.75 Å². The highest BCUT2D eigenvalue weighted by atomic mass is 35.5. The molecule has 2 N–H and O–H groups in total. The predicted molar refractivity (Wildman–Crippen MR) is 140 cm³/mol. The number of sulfonamides is 1. The van der Waals surface area contributed by atoms with Gasteiger partial charge in [0.05, 0.1) is 35.6 Å². The zero-order chi connectivity index (χ0) is 27.6. The molecule has 0 aliphatic heterocycles. The van der Waals surface area contributed by atoms with Crippen LogP contribution >= 0.6 is 11.6 Å². The maximum absolute atomic E-state index is 14.1. The maximum atomic E-state index is 14.1. The van der Waals surface area contributed by atoms with E-state index in [0.717, 1.165) is 24.7 Å². The summed E-state index contributed by atoms with van der Waals surface area (Å²) in [7, 11) is -1.88. The summed E-state index contributed by atoms with van der Waals surface area (Å²) < 4.78 is 60.6. The molecule has 0 spiro atoms. The van der Waals surface area contributed by atoms with Crippen molar-refractivity contribution in [3.8, 4) is 17.1 Å². The summed E-state index contributed by atoms with van der Waals surface area (Å²) in [4.78, 5) is 21.0. The average molecular weight is 562 g/mol. The Hall–Kier alpha value is -4.03. The molecule has 0 bridgehead atoms. The third-order valence-electron chi connectivity index (χ3n) is 5.29. The first-order chi connectivity index (χ1) is 17.9. The zero-order valence-electron chi connectivity index (χ0n) is 20.4. The van der Waals surface area contributed by atoms with Crippen LogP contribution in [0.1, 0.15) is 28.9 Å². The first-order valence-corrected chi connectivity index (χ1v) is 13.3. The quantitative estimate of drug-likeness (QED) is 0.306. The molecule has 3 aromatic heterocycles. The number of aryl methyl sites for hydroxylation is 1. The predicted octanol–water partition coefficient (Wildman–Crippen LogP) is 5.18. The Labute approximate surface area is 222 Å². The Bertz CT molecular complexity index is 1630. The van der Waals surface area contributed by atoms with Crippen LogP contribution in [0.3, 0.4) is 0 Å². The van der Waals surface area contributed by atoms with Crippen LogP contribution in [0, 0.1) is 11.6 Å². The number of halogens is 3. The van der Waals surface area contributed by atoms with Gasteiger partial charge in [-0.2, -0.15) is 0 Å². The molecule has 0 saturated carbocycles. The van der Waals surface area contributed by atoms with Gasteiger partial charge >= 0.3 is 0 Å². The molecule has 0 saturated heterocycles. The number of benzene rings is 1. The van der Waals surface area contributed by atoms with Crippen molar-refractivity contribution in [1.82, 2.24) is 14.5 Å². The van der Waals surface area contributed by atoms with Crippen molar-refractivity contribution in [2.24, 2.45) is 7.05 Å². The summed E-state index contributed by atoms with van der Waals surface area (Å²) in [5.74, 6) is -1.60. The molecule has 4 aromatic rings. The second-order valence-corrected chi connectivity index (χ2v) is 10.7.